The van der Waals surface area contributed by atoms with Crippen LogP contribution in [0.2, 0.25) is 0 Å². The van der Waals surface area contributed by atoms with E-state index in [2.05, 4.69) is 0 Å². The molecular weight excluding hydrogens is 281 g/mol. The summed E-state index contributed by atoms with van der Waals surface area (Å²) in [6.45, 7) is 2.67. The summed E-state index contributed by atoms with van der Waals surface area (Å²) in [5, 5.41) is 9.63. The van der Waals surface area contributed by atoms with Gasteiger partial charge in [0.05, 0.1) is 4.99 Å². The Labute approximate surface area is 121 Å². The first-order chi connectivity index (χ1) is 9.49. The maximum Gasteiger partial charge on any atom is 0.260 e. The molecule has 0 unspecified atom stereocenters. The predicted octanol–water partition coefficient (Wildman–Crippen LogP) is 0.575. The zero-order valence-corrected chi connectivity index (χ0v) is 11.7. The molecule has 0 atom stereocenters. The SMILES string of the molecule is NC(=S)CN1CCN(C(=O)c2c(O)cccc2F)CC1. The van der Waals surface area contributed by atoms with Gasteiger partial charge in [-0.2, -0.15) is 0 Å². The fourth-order valence-electron chi connectivity index (χ4n) is 2.21. The van der Waals surface area contributed by atoms with Gasteiger partial charge in [-0.3, -0.25) is 9.69 Å². The van der Waals surface area contributed by atoms with Crippen molar-refractivity contribution in [3.05, 3.63) is 29.6 Å². The van der Waals surface area contributed by atoms with E-state index in [1.165, 1.54) is 17.0 Å². The number of aromatic hydroxyl groups is 1. The Hall–Kier alpha value is -1.73. The van der Waals surface area contributed by atoms with Gasteiger partial charge in [-0.1, -0.05) is 18.3 Å². The predicted molar refractivity (Wildman–Crippen MR) is 77.2 cm³/mol. The zero-order valence-electron chi connectivity index (χ0n) is 10.9. The average molecular weight is 297 g/mol. The van der Waals surface area contributed by atoms with Crippen molar-refractivity contribution < 1.29 is 14.3 Å². The van der Waals surface area contributed by atoms with Crippen LogP contribution in [0.25, 0.3) is 0 Å². The minimum absolute atomic E-state index is 0.268. The van der Waals surface area contributed by atoms with E-state index < -0.39 is 11.7 Å². The Morgan fingerprint density at radius 1 is 1.35 bits per heavy atom. The van der Waals surface area contributed by atoms with Gasteiger partial charge in [0.25, 0.3) is 5.91 Å². The van der Waals surface area contributed by atoms with Crippen LogP contribution in [-0.2, 0) is 0 Å². The van der Waals surface area contributed by atoms with Gasteiger partial charge in [0.1, 0.15) is 17.1 Å². The van der Waals surface area contributed by atoms with E-state index in [1.807, 2.05) is 4.90 Å². The highest BCUT2D eigenvalue weighted by atomic mass is 32.1. The monoisotopic (exact) mass is 297 g/mol. The number of hydrogen-bond donors (Lipinski definition) is 2. The Morgan fingerprint density at radius 3 is 2.55 bits per heavy atom. The van der Waals surface area contributed by atoms with Gasteiger partial charge >= 0.3 is 0 Å². The normalized spacial score (nSPS) is 16.1. The lowest BCUT2D eigenvalue weighted by atomic mass is 10.1. The second-order valence-corrected chi connectivity index (χ2v) is 5.19. The molecule has 0 spiro atoms. The third kappa shape index (κ3) is 3.23. The highest BCUT2D eigenvalue weighted by Crippen LogP contribution is 2.22. The number of rotatable bonds is 3. The smallest absolute Gasteiger partial charge is 0.260 e. The van der Waals surface area contributed by atoms with Crippen molar-refractivity contribution >= 4 is 23.1 Å². The van der Waals surface area contributed by atoms with Crippen LogP contribution in [0.4, 0.5) is 4.39 Å². The number of hydrogen-bond acceptors (Lipinski definition) is 4. The zero-order chi connectivity index (χ0) is 14.7. The Bertz CT molecular complexity index is 510. The van der Waals surface area contributed by atoms with Gasteiger partial charge in [-0.15, -0.1) is 0 Å². The molecule has 5 nitrogen and oxygen atoms in total. The van der Waals surface area contributed by atoms with Crippen LogP contribution in [0.3, 0.4) is 0 Å². The van der Waals surface area contributed by atoms with Crippen molar-refractivity contribution in [1.29, 1.82) is 0 Å². The fourth-order valence-corrected chi connectivity index (χ4v) is 2.39. The summed E-state index contributed by atoms with van der Waals surface area (Å²) in [7, 11) is 0. The van der Waals surface area contributed by atoms with Crippen molar-refractivity contribution in [2.75, 3.05) is 32.7 Å². The molecule has 108 valence electrons. The third-order valence-electron chi connectivity index (χ3n) is 3.24. The van der Waals surface area contributed by atoms with Gasteiger partial charge < -0.3 is 15.7 Å². The fraction of sp³-hybridized carbons (Fsp3) is 0.385. The Balaban J connectivity index is 2.04. The maximum atomic E-state index is 13.7. The molecule has 3 N–H and O–H groups in total. The van der Waals surface area contributed by atoms with E-state index >= 15 is 0 Å². The van der Waals surface area contributed by atoms with Crippen molar-refractivity contribution in [3.8, 4) is 5.75 Å². The molecule has 20 heavy (non-hydrogen) atoms. The first-order valence-corrected chi connectivity index (χ1v) is 6.67. The van der Waals surface area contributed by atoms with E-state index in [0.717, 1.165) is 6.07 Å². The number of amides is 1. The molecule has 2 rings (SSSR count). The number of phenols is 1. The average Bonchev–Trinajstić information content (AvgIpc) is 2.38. The summed E-state index contributed by atoms with van der Waals surface area (Å²) in [5.74, 6) is -1.53. The number of piperazine rings is 1. The minimum atomic E-state index is -0.708. The molecule has 1 aromatic carbocycles. The second kappa shape index (κ2) is 6.15. The number of carbonyl (C=O) groups is 1. The topological polar surface area (TPSA) is 69.8 Å². The molecule has 1 amide bonds. The number of halogens is 1. The molecule has 1 aromatic rings. The molecule has 0 aliphatic carbocycles. The second-order valence-electron chi connectivity index (χ2n) is 4.67. The standard InChI is InChI=1S/C13H16FN3O2S/c14-9-2-1-3-10(18)12(9)13(19)17-6-4-16(5-7-17)8-11(15)20/h1-3,18H,4-8H2,(H2,15,20). The molecule has 1 saturated heterocycles. The molecule has 0 radical (unpaired) electrons. The molecule has 1 fully saturated rings. The van der Waals surface area contributed by atoms with Crippen LogP contribution in [0.5, 0.6) is 5.75 Å². The molecule has 0 saturated carbocycles. The van der Waals surface area contributed by atoms with Crippen LogP contribution < -0.4 is 5.73 Å². The quantitative estimate of drug-likeness (QED) is 0.799. The third-order valence-corrected chi connectivity index (χ3v) is 3.37. The molecule has 7 heteroatoms. The number of benzene rings is 1. The number of nitrogens with zero attached hydrogens (tertiary/aromatic N) is 2. The summed E-state index contributed by atoms with van der Waals surface area (Å²) < 4.78 is 13.7. The van der Waals surface area contributed by atoms with Crippen molar-refractivity contribution in [1.82, 2.24) is 9.80 Å². The Morgan fingerprint density at radius 2 is 2.00 bits per heavy atom. The number of thiocarbonyl (C=S) groups is 1. The lowest BCUT2D eigenvalue weighted by molar-refractivity contribution is 0.0646. The first-order valence-electron chi connectivity index (χ1n) is 6.26. The molecule has 1 aliphatic heterocycles. The number of nitrogens with two attached hydrogens (primary N) is 1. The van der Waals surface area contributed by atoms with Crippen molar-refractivity contribution in [2.24, 2.45) is 5.73 Å². The maximum absolute atomic E-state index is 13.7. The van der Waals surface area contributed by atoms with E-state index in [9.17, 15) is 14.3 Å². The highest BCUT2D eigenvalue weighted by molar-refractivity contribution is 7.80. The van der Waals surface area contributed by atoms with Crippen LogP contribution in [0.15, 0.2) is 18.2 Å². The summed E-state index contributed by atoms with van der Waals surface area (Å²) >= 11 is 4.84. The molecular formula is C13H16FN3O2S. The number of phenolic OH excluding ortho intramolecular Hbond substituents is 1. The van der Waals surface area contributed by atoms with Gasteiger partial charge in [-0.05, 0) is 12.1 Å². The summed E-state index contributed by atoms with van der Waals surface area (Å²) in [6.07, 6.45) is 0. The van der Waals surface area contributed by atoms with Gasteiger partial charge in [0.2, 0.25) is 0 Å². The Kier molecular flexibility index (Phi) is 4.51. The largest absolute Gasteiger partial charge is 0.507 e. The summed E-state index contributed by atoms with van der Waals surface area (Å²) in [4.78, 5) is 16.2. The molecule has 1 heterocycles. The summed E-state index contributed by atoms with van der Waals surface area (Å²) in [6, 6.07) is 3.83. The van der Waals surface area contributed by atoms with Crippen LogP contribution in [-0.4, -0.2) is 58.5 Å². The lowest BCUT2D eigenvalue weighted by Gasteiger charge is -2.34. The number of carbonyl (C=O) groups excluding carboxylic acids is 1. The van der Waals surface area contributed by atoms with E-state index in [4.69, 9.17) is 18.0 Å². The van der Waals surface area contributed by atoms with E-state index in [1.54, 1.807) is 0 Å². The lowest BCUT2D eigenvalue weighted by Crippen LogP contribution is -2.50. The minimum Gasteiger partial charge on any atom is -0.507 e. The molecule has 1 aliphatic rings. The highest BCUT2D eigenvalue weighted by Gasteiger charge is 2.26. The van der Waals surface area contributed by atoms with Gasteiger partial charge in [0, 0.05) is 32.7 Å². The van der Waals surface area contributed by atoms with Gasteiger partial charge in [-0.25, -0.2) is 4.39 Å². The van der Waals surface area contributed by atoms with E-state index in [-0.39, 0.29) is 11.3 Å². The molecule has 0 bridgehead atoms. The van der Waals surface area contributed by atoms with Crippen molar-refractivity contribution in [2.45, 2.75) is 0 Å². The molecule has 0 aromatic heterocycles. The van der Waals surface area contributed by atoms with Crippen LogP contribution in [0.1, 0.15) is 10.4 Å². The van der Waals surface area contributed by atoms with Crippen LogP contribution in [0, 0.1) is 5.82 Å². The summed E-state index contributed by atoms with van der Waals surface area (Å²) in [5.41, 5.74) is 5.21. The van der Waals surface area contributed by atoms with Crippen molar-refractivity contribution in [3.63, 3.8) is 0 Å². The van der Waals surface area contributed by atoms with Gasteiger partial charge in [0.15, 0.2) is 0 Å². The van der Waals surface area contributed by atoms with E-state index in [0.29, 0.717) is 37.7 Å². The first kappa shape index (κ1) is 14.7. The van der Waals surface area contributed by atoms with Crippen LogP contribution >= 0.6 is 12.2 Å².